The number of nitrogens with zero attached hydrogens (tertiary/aromatic N) is 1. The zero-order chi connectivity index (χ0) is 14.9. The van der Waals surface area contributed by atoms with Gasteiger partial charge in [-0.05, 0) is 23.6 Å². The first kappa shape index (κ1) is 14.9. The number of hydrogen-bond acceptors (Lipinski definition) is 3. The maximum atomic E-state index is 11.4. The van der Waals surface area contributed by atoms with Crippen LogP contribution in [0.4, 0.5) is 4.79 Å². The summed E-state index contributed by atoms with van der Waals surface area (Å²) >= 11 is 5.72. The van der Waals surface area contributed by atoms with Crippen molar-refractivity contribution in [1.82, 2.24) is 10.3 Å². The summed E-state index contributed by atoms with van der Waals surface area (Å²) in [5.74, 6) is 5.59. The molecule has 0 saturated carbocycles. The number of hydrogen-bond donors (Lipinski definition) is 1. The van der Waals surface area contributed by atoms with Crippen LogP contribution in [0.5, 0.6) is 0 Å². The minimum Gasteiger partial charge on any atom is -0.445 e. The van der Waals surface area contributed by atoms with Gasteiger partial charge in [-0.2, -0.15) is 0 Å². The number of halogens is 1. The fourth-order valence-electron chi connectivity index (χ4n) is 1.48. The summed E-state index contributed by atoms with van der Waals surface area (Å²) in [6.45, 7) is 0.427. The second-order valence-corrected chi connectivity index (χ2v) is 4.52. The lowest BCUT2D eigenvalue weighted by atomic mass is 10.2. The summed E-state index contributed by atoms with van der Waals surface area (Å²) in [5.41, 5.74) is 1.53. The molecule has 2 aromatic rings. The van der Waals surface area contributed by atoms with Crippen molar-refractivity contribution in [3.8, 4) is 11.8 Å². The molecule has 4 nitrogen and oxygen atoms in total. The molecule has 1 aromatic heterocycles. The van der Waals surface area contributed by atoms with Gasteiger partial charge in [0.1, 0.15) is 12.3 Å². The summed E-state index contributed by atoms with van der Waals surface area (Å²) < 4.78 is 5.05. The fraction of sp³-hybridized carbons (Fsp3) is 0.125. The van der Waals surface area contributed by atoms with Crippen LogP contribution in [0.15, 0.2) is 48.7 Å². The van der Waals surface area contributed by atoms with E-state index in [9.17, 15) is 4.79 Å². The highest BCUT2D eigenvalue weighted by atomic mass is 35.5. The number of benzene rings is 1. The number of alkyl carbamates (subject to hydrolysis) is 1. The van der Waals surface area contributed by atoms with Crippen molar-refractivity contribution in [2.75, 3.05) is 6.54 Å². The Labute approximate surface area is 128 Å². The molecular weight excluding hydrogens is 288 g/mol. The number of aromatic nitrogens is 1. The molecule has 0 saturated heterocycles. The van der Waals surface area contributed by atoms with Gasteiger partial charge in [-0.3, -0.25) is 0 Å². The summed E-state index contributed by atoms with van der Waals surface area (Å²) in [6.07, 6.45) is 1.02. The molecule has 0 aliphatic carbocycles. The van der Waals surface area contributed by atoms with Crippen LogP contribution in [0.2, 0.25) is 5.02 Å². The lowest BCUT2D eigenvalue weighted by Crippen LogP contribution is -2.24. The molecule has 0 spiro atoms. The highest BCUT2D eigenvalue weighted by molar-refractivity contribution is 6.30. The third kappa shape index (κ3) is 5.55. The SMILES string of the molecule is O=C(NCC#Cc1ccc(Cl)cn1)OCc1ccccc1. The Kier molecular flexibility index (Phi) is 5.62. The van der Waals surface area contributed by atoms with Crippen molar-refractivity contribution < 1.29 is 9.53 Å². The third-order valence-electron chi connectivity index (χ3n) is 2.48. The molecule has 5 heteroatoms. The average molecular weight is 301 g/mol. The van der Waals surface area contributed by atoms with Crippen LogP contribution < -0.4 is 5.32 Å². The lowest BCUT2D eigenvalue weighted by Gasteiger charge is -2.04. The van der Waals surface area contributed by atoms with Crippen LogP contribution in [-0.2, 0) is 11.3 Å². The van der Waals surface area contributed by atoms with Gasteiger partial charge in [0.15, 0.2) is 0 Å². The fourth-order valence-corrected chi connectivity index (χ4v) is 1.59. The normalized spacial score (nSPS) is 9.38. The van der Waals surface area contributed by atoms with Gasteiger partial charge in [0.05, 0.1) is 11.6 Å². The Morgan fingerprint density at radius 1 is 1.24 bits per heavy atom. The van der Waals surface area contributed by atoms with Crippen LogP contribution in [0.3, 0.4) is 0 Å². The van der Waals surface area contributed by atoms with Crippen molar-refractivity contribution in [3.05, 3.63) is 64.9 Å². The van der Waals surface area contributed by atoms with Crippen molar-refractivity contribution in [1.29, 1.82) is 0 Å². The topological polar surface area (TPSA) is 51.2 Å². The number of carbonyl (C=O) groups excluding carboxylic acids is 1. The highest BCUT2D eigenvalue weighted by Crippen LogP contribution is 2.04. The van der Waals surface area contributed by atoms with E-state index in [0.29, 0.717) is 10.7 Å². The molecule has 0 bridgehead atoms. The molecule has 1 aromatic carbocycles. The Balaban J connectivity index is 1.71. The van der Waals surface area contributed by atoms with Crippen molar-refractivity contribution in [2.45, 2.75) is 6.61 Å². The Morgan fingerprint density at radius 3 is 2.76 bits per heavy atom. The molecule has 2 rings (SSSR count). The molecule has 0 aliphatic heterocycles. The van der Waals surface area contributed by atoms with Crippen molar-refractivity contribution in [3.63, 3.8) is 0 Å². The molecule has 1 N–H and O–H groups in total. The van der Waals surface area contributed by atoms with Gasteiger partial charge in [0.25, 0.3) is 0 Å². The van der Waals surface area contributed by atoms with Crippen LogP contribution in [-0.4, -0.2) is 17.6 Å². The summed E-state index contributed by atoms with van der Waals surface area (Å²) in [5, 5.41) is 3.10. The number of pyridine rings is 1. The van der Waals surface area contributed by atoms with Crippen LogP contribution in [0, 0.1) is 11.8 Å². The summed E-state index contributed by atoms with van der Waals surface area (Å²) in [6, 6.07) is 12.9. The van der Waals surface area contributed by atoms with E-state index >= 15 is 0 Å². The van der Waals surface area contributed by atoms with Crippen LogP contribution in [0.1, 0.15) is 11.3 Å². The number of ether oxygens (including phenoxy) is 1. The third-order valence-corrected chi connectivity index (χ3v) is 2.70. The van der Waals surface area contributed by atoms with Crippen LogP contribution >= 0.6 is 11.6 Å². The summed E-state index contributed by atoms with van der Waals surface area (Å²) in [7, 11) is 0. The largest absolute Gasteiger partial charge is 0.445 e. The van der Waals surface area contributed by atoms with Gasteiger partial charge in [0, 0.05) is 6.20 Å². The van der Waals surface area contributed by atoms with E-state index in [-0.39, 0.29) is 13.2 Å². The molecule has 21 heavy (non-hydrogen) atoms. The maximum Gasteiger partial charge on any atom is 0.408 e. The zero-order valence-electron chi connectivity index (χ0n) is 11.2. The molecule has 1 heterocycles. The number of amides is 1. The number of rotatable bonds is 3. The standard InChI is InChI=1S/C16H13ClN2O2/c17-14-8-9-15(19-11-14)7-4-10-18-16(20)21-12-13-5-2-1-3-6-13/h1-3,5-6,8-9,11H,10,12H2,(H,18,20). The van der Waals surface area contributed by atoms with Gasteiger partial charge in [-0.15, -0.1) is 0 Å². The van der Waals surface area contributed by atoms with E-state index in [0.717, 1.165) is 5.56 Å². The van der Waals surface area contributed by atoms with E-state index in [1.165, 1.54) is 6.20 Å². The number of nitrogens with one attached hydrogen (secondary N) is 1. The molecule has 0 unspecified atom stereocenters. The smallest absolute Gasteiger partial charge is 0.408 e. The molecule has 1 amide bonds. The second-order valence-electron chi connectivity index (χ2n) is 4.08. The molecule has 0 aliphatic rings. The second kappa shape index (κ2) is 7.93. The molecule has 106 valence electrons. The van der Waals surface area contributed by atoms with Gasteiger partial charge in [-0.25, -0.2) is 9.78 Å². The molecule has 0 atom stereocenters. The van der Waals surface area contributed by atoms with Gasteiger partial charge in [-0.1, -0.05) is 47.9 Å². The number of carbonyl (C=O) groups is 1. The van der Waals surface area contributed by atoms with E-state index in [2.05, 4.69) is 22.1 Å². The first-order valence-corrected chi connectivity index (χ1v) is 6.67. The highest BCUT2D eigenvalue weighted by Gasteiger charge is 2.00. The first-order chi connectivity index (χ1) is 10.2. The molecule has 0 radical (unpaired) electrons. The Hall–Kier alpha value is -2.51. The van der Waals surface area contributed by atoms with Gasteiger partial charge in [0.2, 0.25) is 0 Å². The van der Waals surface area contributed by atoms with Gasteiger partial charge < -0.3 is 10.1 Å². The van der Waals surface area contributed by atoms with Crippen LogP contribution in [0.25, 0.3) is 0 Å². The van der Waals surface area contributed by atoms with Crippen molar-refractivity contribution >= 4 is 17.7 Å². The monoisotopic (exact) mass is 300 g/mol. The minimum absolute atomic E-state index is 0.192. The van der Waals surface area contributed by atoms with E-state index < -0.39 is 6.09 Å². The van der Waals surface area contributed by atoms with E-state index in [1.807, 2.05) is 30.3 Å². The van der Waals surface area contributed by atoms with Crippen molar-refractivity contribution in [2.24, 2.45) is 0 Å². The Bertz CT molecular complexity index is 645. The van der Waals surface area contributed by atoms with E-state index in [1.54, 1.807) is 12.1 Å². The zero-order valence-corrected chi connectivity index (χ0v) is 11.9. The van der Waals surface area contributed by atoms with Gasteiger partial charge >= 0.3 is 6.09 Å². The first-order valence-electron chi connectivity index (χ1n) is 6.29. The molecule has 0 fully saturated rings. The Morgan fingerprint density at radius 2 is 2.05 bits per heavy atom. The predicted molar refractivity (Wildman–Crippen MR) is 80.8 cm³/mol. The minimum atomic E-state index is -0.503. The quantitative estimate of drug-likeness (QED) is 0.887. The summed E-state index contributed by atoms with van der Waals surface area (Å²) in [4.78, 5) is 15.5. The predicted octanol–water partition coefficient (Wildman–Crippen LogP) is 3.01. The lowest BCUT2D eigenvalue weighted by molar-refractivity contribution is 0.141. The average Bonchev–Trinajstić information content (AvgIpc) is 2.52. The van der Waals surface area contributed by atoms with E-state index in [4.69, 9.17) is 16.3 Å². The molecular formula is C16H13ClN2O2. The maximum absolute atomic E-state index is 11.4.